The van der Waals surface area contributed by atoms with Gasteiger partial charge in [-0.05, 0) is 38.5 Å². The van der Waals surface area contributed by atoms with Crippen LogP contribution in [0.3, 0.4) is 0 Å². The summed E-state index contributed by atoms with van der Waals surface area (Å²) in [5.41, 5.74) is 0.0380. The molecule has 9 nitrogen and oxygen atoms in total. The van der Waals surface area contributed by atoms with Gasteiger partial charge in [-0.15, -0.1) is 0 Å². The van der Waals surface area contributed by atoms with Crippen molar-refractivity contribution in [1.82, 2.24) is 15.0 Å². The van der Waals surface area contributed by atoms with Crippen LogP contribution in [0.25, 0.3) is 11.0 Å². The number of ether oxygens (including phenoxy) is 2. The van der Waals surface area contributed by atoms with Gasteiger partial charge in [0.05, 0.1) is 35.7 Å². The van der Waals surface area contributed by atoms with Gasteiger partial charge in [0.15, 0.2) is 23.2 Å². The van der Waals surface area contributed by atoms with Crippen molar-refractivity contribution in [2.45, 2.75) is 57.0 Å². The van der Waals surface area contributed by atoms with E-state index in [1.54, 1.807) is 12.3 Å². The van der Waals surface area contributed by atoms with Crippen LogP contribution in [0.15, 0.2) is 30.5 Å². The maximum Gasteiger partial charge on any atom is 0.172 e. The lowest BCUT2D eigenvalue weighted by atomic mass is 9.98. The van der Waals surface area contributed by atoms with Gasteiger partial charge in [0.2, 0.25) is 0 Å². The first-order chi connectivity index (χ1) is 17.7. The monoisotopic (exact) mass is 515 g/mol. The van der Waals surface area contributed by atoms with Crippen molar-refractivity contribution in [2.24, 2.45) is 0 Å². The molecule has 2 saturated heterocycles. The number of aliphatic hydroxyl groups is 2. The van der Waals surface area contributed by atoms with Crippen molar-refractivity contribution >= 4 is 22.7 Å². The Bertz CT molecular complexity index is 1260. The van der Waals surface area contributed by atoms with E-state index in [4.69, 9.17) is 19.4 Å². The van der Waals surface area contributed by atoms with E-state index in [0.717, 1.165) is 12.5 Å². The zero-order valence-electron chi connectivity index (χ0n) is 20.8. The van der Waals surface area contributed by atoms with Gasteiger partial charge in [0.25, 0.3) is 0 Å². The summed E-state index contributed by atoms with van der Waals surface area (Å²) in [6, 6.07) is 5.06. The number of fused-ring (bicyclic) bond motifs is 1. The molecule has 0 radical (unpaired) electrons. The molecule has 0 aliphatic carbocycles. The molecule has 0 bridgehead atoms. The first kappa shape index (κ1) is 25.5. The maximum absolute atomic E-state index is 14.1. The summed E-state index contributed by atoms with van der Waals surface area (Å²) in [6.45, 7) is 5.47. The van der Waals surface area contributed by atoms with E-state index in [2.05, 4.69) is 15.2 Å². The molecule has 2 fully saturated rings. The van der Waals surface area contributed by atoms with E-state index < -0.39 is 23.3 Å². The molecule has 2 aliphatic rings. The highest BCUT2D eigenvalue weighted by molar-refractivity contribution is 5.80. The minimum absolute atomic E-state index is 0.0410. The average Bonchev–Trinajstić information content (AvgIpc) is 3.38. The zero-order chi connectivity index (χ0) is 26.2. The van der Waals surface area contributed by atoms with Crippen LogP contribution in [0.2, 0.25) is 0 Å². The topological polar surface area (TPSA) is 113 Å². The number of nitrogens with one attached hydrogen (secondary N) is 1. The fourth-order valence-corrected chi connectivity index (χ4v) is 4.57. The fourth-order valence-electron chi connectivity index (χ4n) is 4.57. The smallest absolute Gasteiger partial charge is 0.172 e. The quantitative estimate of drug-likeness (QED) is 0.436. The van der Waals surface area contributed by atoms with Crippen LogP contribution in [-0.4, -0.2) is 69.2 Å². The Balaban J connectivity index is 1.39. The van der Waals surface area contributed by atoms with E-state index in [-0.39, 0.29) is 17.9 Å². The Morgan fingerprint density at radius 1 is 1.14 bits per heavy atom. The standard InChI is InChI=1S/C26H31F2N5O4/c1-26(2,35)23(34)20-12-19-21(13-29-20)31-24(30-16-7-10-36-14-16)25(32-19)33-8-5-17(6-9-33)37-22-4-3-15(27)11-18(22)28/h3-4,11-13,16-17,23,34-35H,5-10,14H2,1-2H3,(H,30,31). The number of piperidine rings is 1. The van der Waals surface area contributed by atoms with E-state index >= 15 is 0 Å². The minimum atomic E-state index is -1.37. The number of rotatable bonds is 7. The van der Waals surface area contributed by atoms with E-state index in [1.807, 2.05) is 0 Å². The molecule has 5 rings (SSSR count). The average molecular weight is 516 g/mol. The summed E-state index contributed by atoms with van der Waals surface area (Å²) in [5, 5.41) is 24.2. The van der Waals surface area contributed by atoms with E-state index in [1.165, 1.54) is 26.0 Å². The summed E-state index contributed by atoms with van der Waals surface area (Å²) in [4.78, 5) is 16.1. The van der Waals surface area contributed by atoms with E-state index in [0.29, 0.717) is 67.5 Å². The second-order valence-corrected chi connectivity index (χ2v) is 10.1. The Hall–Kier alpha value is -3.15. The van der Waals surface area contributed by atoms with Gasteiger partial charge < -0.3 is 29.9 Å². The number of hydrogen-bond donors (Lipinski definition) is 3. The van der Waals surface area contributed by atoms with Crippen LogP contribution < -0.4 is 15.0 Å². The molecule has 198 valence electrons. The Morgan fingerprint density at radius 2 is 1.92 bits per heavy atom. The highest BCUT2D eigenvalue weighted by Crippen LogP contribution is 2.32. The Morgan fingerprint density at radius 3 is 2.59 bits per heavy atom. The molecule has 4 heterocycles. The number of pyridine rings is 1. The van der Waals surface area contributed by atoms with Crippen molar-refractivity contribution in [3.63, 3.8) is 0 Å². The number of aromatic nitrogens is 3. The van der Waals surface area contributed by atoms with Gasteiger partial charge in [-0.1, -0.05) is 0 Å². The van der Waals surface area contributed by atoms with Crippen molar-refractivity contribution < 1.29 is 28.5 Å². The molecule has 2 aromatic heterocycles. The molecule has 2 unspecified atom stereocenters. The molecule has 37 heavy (non-hydrogen) atoms. The van der Waals surface area contributed by atoms with Crippen LogP contribution in [0.4, 0.5) is 20.4 Å². The van der Waals surface area contributed by atoms with E-state index in [9.17, 15) is 19.0 Å². The van der Waals surface area contributed by atoms with Crippen LogP contribution in [-0.2, 0) is 4.74 Å². The third-order valence-corrected chi connectivity index (χ3v) is 6.70. The fraction of sp³-hybridized carbons (Fsp3) is 0.500. The minimum Gasteiger partial charge on any atom is -0.487 e. The summed E-state index contributed by atoms with van der Waals surface area (Å²) >= 11 is 0. The number of benzene rings is 1. The predicted molar refractivity (Wildman–Crippen MR) is 134 cm³/mol. The lowest BCUT2D eigenvalue weighted by Crippen LogP contribution is -2.39. The molecular formula is C26H31F2N5O4. The zero-order valence-corrected chi connectivity index (χ0v) is 20.8. The molecule has 2 atom stereocenters. The Kier molecular flexibility index (Phi) is 7.11. The second-order valence-electron chi connectivity index (χ2n) is 10.1. The molecule has 0 saturated carbocycles. The summed E-state index contributed by atoms with van der Waals surface area (Å²) in [6.07, 6.45) is 2.22. The van der Waals surface area contributed by atoms with Gasteiger partial charge in [-0.2, -0.15) is 0 Å². The van der Waals surface area contributed by atoms with Gasteiger partial charge in [-0.25, -0.2) is 18.7 Å². The van der Waals surface area contributed by atoms with Crippen LogP contribution >= 0.6 is 0 Å². The van der Waals surface area contributed by atoms with Crippen molar-refractivity contribution in [3.8, 4) is 5.75 Å². The molecular weight excluding hydrogens is 484 g/mol. The number of aliphatic hydroxyl groups excluding tert-OH is 1. The van der Waals surface area contributed by atoms with Crippen LogP contribution in [0.5, 0.6) is 5.75 Å². The highest BCUT2D eigenvalue weighted by atomic mass is 19.1. The van der Waals surface area contributed by atoms with Crippen molar-refractivity contribution in [2.75, 3.05) is 36.5 Å². The first-order valence-electron chi connectivity index (χ1n) is 12.5. The van der Waals surface area contributed by atoms with Crippen molar-refractivity contribution in [3.05, 3.63) is 47.8 Å². The normalized spacial score (nSPS) is 19.8. The van der Waals surface area contributed by atoms with Gasteiger partial charge in [0.1, 0.15) is 23.5 Å². The number of anilines is 2. The molecule has 0 amide bonds. The third-order valence-electron chi connectivity index (χ3n) is 6.70. The van der Waals surface area contributed by atoms with Gasteiger partial charge in [0, 0.05) is 38.6 Å². The Labute approximate surface area is 213 Å². The number of halogens is 2. The number of hydrogen-bond acceptors (Lipinski definition) is 9. The third kappa shape index (κ3) is 5.73. The van der Waals surface area contributed by atoms with Crippen LogP contribution in [0.1, 0.15) is 44.9 Å². The summed E-state index contributed by atoms with van der Waals surface area (Å²) in [5.74, 6) is -0.0500. The molecule has 1 aromatic carbocycles. The number of nitrogens with zero attached hydrogens (tertiary/aromatic N) is 4. The molecule has 2 aliphatic heterocycles. The SMILES string of the molecule is CC(C)(O)C(O)c1cc2nc(N3CCC(Oc4ccc(F)cc4F)CC3)c(NC3CCOC3)nc2cn1. The van der Waals surface area contributed by atoms with Crippen molar-refractivity contribution in [1.29, 1.82) is 0 Å². The molecule has 11 heteroatoms. The van der Waals surface area contributed by atoms with Gasteiger partial charge >= 0.3 is 0 Å². The van der Waals surface area contributed by atoms with Crippen LogP contribution in [0, 0.1) is 11.6 Å². The lowest BCUT2D eigenvalue weighted by Gasteiger charge is -2.34. The summed E-state index contributed by atoms with van der Waals surface area (Å²) < 4.78 is 38.6. The summed E-state index contributed by atoms with van der Waals surface area (Å²) in [7, 11) is 0. The van der Waals surface area contributed by atoms with Gasteiger partial charge in [-0.3, -0.25) is 4.98 Å². The predicted octanol–water partition coefficient (Wildman–Crippen LogP) is 3.36. The maximum atomic E-state index is 14.1. The highest BCUT2D eigenvalue weighted by Gasteiger charge is 2.29. The lowest BCUT2D eigenvalue weighted by molar-refractivity contribution is -0.0516. The molecule has 0 spiro atoms. The largest absolute Gasteiger partial charge is 0.487 e. The molecule has 3 aromatic rings. The first-order valence-corrected chi connectivity index (χ1v) is 12.5. The molecule has 3 N–H and O–H groups in total. The second kappa shape index (κ2) is 10.3.